The number of carbonyl (C=O) groups excluding carboxylic acids is 1. The van der Waals surface area contributed by atoms with Crippen LogP contribution in [0.15, 0.2) is 34.9 Å². The number of carboxylic acid groups (broad SMARTS) is 1. The monoisotopic (exact) mass is 507 g/mol. The number of fused-ring (bicyclic) bond motifs is 2. The molecule has 1 aromatic carbocycles. The first-order valence-corrected chi connectivity index (χ1v) is 12.1. The summed E-state index contributed by atoms with van der Waals surface area (Å²) in [5, 5.41) is 23.8. The van der Waals surface area contributed by atoms with Crippen LogP contribution >= 0.6 is 0 Å². The smallest absolute Gasteiger partial charge is 0.432 e. The fourth-order valence-corrected chi connectivity index (χ4v) is 4.55. The molecule has 0 saturated heterocycles. The molecule has 0 radical (unpaired) electrons. The number of alkyl carbamates (subject to hydrolysis) is 1. The van der Waals surface area contributed by atoms with E-state index in [2.05, 4.69) is 31.0 Å². The molecule has 194 valence electrons. The fraction of sp³-hybridized carbons (Fsp3) is 0.400. The van der Waals surface area contributed by atoms with Crippen LogP contribution in [-0.4, -0.2) is 54.7 Å². The molecule has 0 spiro atoms. The predicted octanol–water partition coefficient (Wildman–Crippen LogP) is 5.01. The average molecular weight is 508 g/mol. The van der Waals surface area contributed by atoms with Crippen LogP contribution in [0, 0.1) is 6.92 Å². The lowest BCUT2D eigenvalue weighted by Gasteiger charge is -2.22. The molecule has 0 aliphatic heterocycles. The molecule has 1 saturated carbocycles. The molecule has 3 aromatic heterocycles. The molecular formula is C25H29N7O5. The van der Waals surface area contributed by atoms with Gasteiger partial charge in [0.1, 0.15) is 11.1 Å². The van der Waals surface area contributed by atoms with E-state index in [9.17, 15) is 14.7 Å². The van der Waals surface area contributed by atoms with E-state index in [1.807, 2.05) is 32.9 Å². The molecule has 1 aliphatic carbocycles. The van der Waals surface area contributed by atoms with Gasteiger partial charge < -0.3 is 30.2 Å². The van der Waals surface area contributed by atoms with E-state index in [0.29, 0.717) is 46.2 Å². The van der Waals surface area contributed by atoms with Crippen molar-refractivity contribution in [3.8, 4) is 0 Å². The number of amides is 1. The van der Waals surface area contributed by atoms with Crippen molar-refractivity contribution in [3.05, 3.63) is 36.2 Å². The third-order valence-electron chi connectivity index (χ3n) is 6.10. The summed E-state index contributed by atoms with van der Waals surface area (Å²) in [5.74, 6) is 0.864. The summed E-state index contributed by atoms with van der Waals surface area (Å²) < 4.78 is 11.9. The van der Waals surface area contributed by atoms with Crippen LogP contribution in [0.25, 0.3) is 22.0 Å². The molecule has 0 bridgehead atoms. The highest BCUT2D eigenvalue weighted by molar-refractivity contribution is 5.92. The molecule has 4 aromatic rings. The summed E-state index contributed by atoms with van der Waals surface area (Å²) in [6.07, 6.45) is 2.33. The summed E-state index contributed by atoms with van der Waals surface area (Å²) in [6.45, 7) is 7.27. The minimum absolute atomic E-state index is 0.00635. The van der Waals surface area contributed by atoms with Gasteiger partial charge >= 0.3 is 12.2 Å². The van der Waals surface area contributed by atoms with Crippen molar-refractivity contribution in [1.29, 1.82) is 0 Å². The number of furan rings is 1. The van der Waals surface area contributed by atoms with Gasteiger partial charge in [-0.25, -0.2) is 14.6 Å². The topological polar surface area (TPSA) is 156 Å². The van der Waals surface area contributed by atoms with Crippen LogP contribution in [0.2, 0.25) is 0 Å². The highest BCUT2D eigenvalue weighted by Gasteiger charge is 2.29. The minimum atomic E-state index is -1.16. The van der Waals surface area contributed by atoms with Gasteiger partial charge in [0.25, 0.3) is 0 Å². The zero-order valence-electron chi connectivity index (χ0n) is 21.0. The van der Waals surface area contributed by atoms with E-state index in [1.165, 1.54) is 0 Å². The predicted molar refractivity (Wildman–Crippen MR) is 137 cm³/mol. The van der Waals surface area contributed by atoms with Crippen molar-refractivity contribution in [2.75, 3.05) is 10.6 Å². The van der Waals surface area contributed by atoms with Gasteiger partial charge in [-0.3, -0.25) is 0 Å². The van der Waals surface area contributed by atoms with E-state index in [1.54, 1.807) is 25.3 Å². The number of anilines is 3. The van der Waals surface area contributed by atoms with Crippen LogP contribution in [0.3, 0.4) is 0 Å². The van der Waals surface area contributed by atoms with Crippen LogP contribution in [-0.2, 0) is 4.74 Å². The summed E-state index contributed by atoms with van der Waals surface area (Å²) in [4.78, 5) is 32.9. The first kappa shape index (κ1) is 24.3. The Morgan fingerprint density at radius 2 is 1.95 bits per heavy atom. The van der Waals surface area contributed by atoms with Crippen molar-refractivity contribution < 1.29 is 23.8 Å². The van der Waals surface area contributed by atoms with E-state index in [-0.39, 0.29) is 12.1 Å². The second-order valence-electron chi connectivity index (χ2n) is 10.2. The molecule has 37 heavy (non-hydrogen) atoms. The lowest BCUT2D eigenvalue weighted by Crippen LogP contribution is -2.38. The Morgan fingerprint density at radius 1 is 1.16 bits per heavy atom. The quantitative estimate of drug-likeness (QED) is 0.289. The Hall–Kier alpha value is -4.35. The second-order valence-corrected chi connectivity index (χ2v) is 10.2. The zero-order chi connectivity index (χ0) is 26.3. The largest absolute Gasteiger partial charge is 0.463 e. The number of nitrogens with one attached hydrogen (secondary N) is 3. The lowest BCUT2D eigenvalue weighted by atomic mass is 10.2. The van der Waals surface area contributed by atoms with Crippen LogP contribution < -0.4 is 16.0 Å². The van der Waals surface area contributed by atoms with Gasteiger partial charge in [0.05, 0.1) is 17.5 Å². The van der Waals surface area contributed by atoms with Gasteiger partial charge in [0, 0.05) is 29.2 Å². The minimum Gasteiger partial charge on any atom is -0.463 e. The van der Waals surface area contributed by atoms with Crippen molar-refractivity contribution in [2.45, 2.75) is 64.6 Å². The van der Waals surface area contributed by atoms with E-state index < -0.39 is 17.8 Å². The average Bonchev–Trinajstić information content (AvgIpc) is 3.52. The maximum Gasteiger partial charge on any atom is 0.432 e. The lowest BCUT2D eigenvalue weighted by molar-refractivity contribution is 0.0505. The Morgan fingerprint density at radius 3 is 2.70 bits per heavy atom. The third kappa shape index (κ3) is 5.27. The Bertz CT molecular complexity index is 1490. The SMILES string of the molecule is Cc1nn(C(=O)O)c2cc(Nc3nc(N[C@H]4CC[C@@H](NC(=O)OC(C)(C)C)C4)c4occc4n3)ccc12. The molecule has 1 amide bonds. The number of hydrogen-bond donors (Lipinski definition) is 4. The van der Waals surface area contributed by atoms with Crippen LogP contribution in [0.5, 0.6) is 0 Å². The number of benzene rings is 1. The van der Waals surface area contributed by atoms with E-state index in [0.717, 1.165) is 22.9 Å². The van der Waals surface area contributed by atoms with Crippen molar-refractivity contribution in [3.63, 3.8) is 0 Å². The highest BCUT2D eigenvalue weighted by Crippen LogP contribution is 2.30. The van der Waals surface area contributed by atoms with Gasteiger partial charge in [-0.15, -0.1) is 0 Å². The van der Waals surface area contributed by atoms with Crippen LogP contribution in [0.4, 0.5) is 27.0 Å². The molecule has 12 heteroatoms. The molecule has 4 N–H and O–H groups in total. The first-order valence-electron chi connectivity index (χ1n) is 12.1. The Balaban J connectivity index is 1.33. The van der Waals surface area contributed by atoms with Crippen molar-refractivity contribution in [2.24, 2.45) is 0 Å². The van der Waals surface area contributed by atoms with Gasteiger partial charge in [0.15, 0.2) is 11.4 Å². The molecule has 5 rings (SSSR count). The van der Waals surface area contributed by atoms with Gasteiger partial charge in [0.2, 0.25) is 5.95 Å². The first-order chi connectivity index (χ1) is 17.6. The molecule has 3 heterocycles. The maximum atomic E-state index is 12.1. The molecular weight excluding hydrogens is 478 g/mol. The number of hydrogen-bond acceptors (Lipinski definition) is 9. The fourth-order valence-electron chi connectivity index (χ4n) is 4.55. The second kappa shape index (κ2) is 9.26. The summed E-state index contributed by atoms with van der Waals surface area (Å²) >= 11 is 0. The molecule has 0 unspecified atom stereocenters. The Labute approximate surface area is 212 Å². The normalized spacial score (nSPS) is 17.7. The number of aryl methyl sites for hydroxylation is 1. The molecule has 1 fully saturated rings. The third-order valence-corrected chi connectivity index (χ3v) is 6.10. The van der Waals surface area contributed by atoms with Gasteiger partial charge in [-0.05, 0) is 65.2 Å². The van der Waals surface area contributed by atoms with Gasteiger partial charge in [-0.2, -0.15) is 14.8 Å². The summed E-state index contributed by atoms with van der Waals surface area (Å²) in [7, 11) is 0. The standard InChI is InChI=1S/C25H29N7O5/c1-13-17-8-7-16(12-19(17)32(31-13)24(34)35)27-22-29-18-9-10-36-20(18)21(30-22)26-14-5-6-15(11-14)28-23(33)37-25(2,3)4/h7-10,12,14-15H,5-6,11H2,1-4H3,(H,28,33)(H,34,35)(H2,26,27,29,30)/t14-,15+/m0/s1. The number of rotatable bonds is 5. The molecule has 12 nitrogen and oxygen atoms in total. The number of aromatic nitrogens is 4. The molecule has 2 atom stereocenters. The van der Waals surface area contributed by atoms with Crippen molar-refractivity contribution >= 4 is 51.6 Å². The highest BCUT2D eigenvalue weighted by atomic mass is 16.6. The Kier molecular flexibility index (Phi) is 6.10. The van der Waals surface area contributed by atoms with Gasteiger partial charge in [-0.1, -0.05) is 0 Å². The number of carbonyl (C=O) groups is 2. The number of nitrogens with zero attached hydrogens (tertiary/aromatic N) is 4. The zero-order valence-corrected chi connectivity index (χ0v) is 21.0. The maximum absolute atomic E-state index is 12.1. The van der Waals surface area contributed by atoms with Crippen LogP contribution in [0.1, 0.15) is 45.7 Å². The molecule has 1 aliphatic rings. The summed E-state index contributed by atoms with van der Waals surface area (Å²) in [6, 6.07) is 7.15. The number of ether oxygens (including phenoxy) is 1. The van der Waals surface area contributed by atoms with Crippen molar-refractivity contribution in [1.82, 2.24) is 25.1 Å². The summed E-state index contributed by atoms with van der Waals surface area (Å²) in [5.41, 5.74) is 2.31. The van der Waals surface area contributed by atoms with E-state index in [4.69, 9.17) is 9.15 Å². The van der Waals surface area contributed by atoms with E-state index >= 15 is 0 Å².